The first-order chi connectivity index (χ1) is 14.6. The number of carbonyl (C=O) groups is 1. The Morgan fingerprint density at radius 1 is 1.19 bits per heavy atom. The van der Waals surface area contributed by atoms with E-state index in [2.05, 4.69) is 44.1 Å². The molecule has 0 spiro atoms. The molecule has 11 heteroatoms. The van der Waals surface area contributed by atoms with Gasteiger partial charge in [0.05, 0.1) is 22.1 Å². The predicted octanol–water partition coefficient (Wildman–Crippen LogP) is 4.84. The van der Waals surface area contributed by atoms with Crippen LogP contribution in [0.5, 0.6) is 0 Å². The molecule has 166 valence electrons. The molecule has 0 aliphatic carbocycles. The zero-order valence-corrected chi connectivity index (χ0v) is 20.7. The highest BCUT2D eigenvalue weighted by atomic mass is 79.9. The minimum Gasteiger partial charge on any atom is -0.376 e. The number of hydrogen-bond acceptors (Lipinski definition) is 6. The van der Waals surface area contributed by atoms with Crippen molar-refractivity contribution < 1.29 is 18.1 Å². The number of Topliss-reactive ketones (excluding diaryl/α,β-unsaturated/α-hetero) is 1. The molecule has 1 aliphatic heterocycles. The summed E-state index contributed by atoms with van der Waals surface area (Å²) in [5.74, 6) is 0.199. The monoisotopic (exact) mass is 573 g/mol. The summed E-state index contributed by atoms with van der Waals surface area (Å²) in [6, 6.07) is 8.71. The van der Waals surface area contributed by atoms with E-state index >= 15 is 0 Å². The molecule has 0 bridgehead atoms. The van der Waals surface area contributed by atoms with Crippen molar-refractivity contribution in [3.63, 3.8) is 0 Å². The van der Waals surface area contributed by atoms with Crippen LogP contribution in [0.3, 0.4) is 0 Å². The second-order valence-corrected chi connectivity index (χ2v) is 11.1. The smallest absolute Gasteiger partial charge is 0.271 e. The predicted molar refractivity (Wildman–Crippen MR) is 125 cm³/mol. The molecule has 31 heavy (non-hydrogen) atoms. The molecule has 1 fully saturated rings. The van der Waals surface area contributed by atoms with Crippen molar-refractivity contribution in [2.24, 2.45) is 5.92 Å². The number of non-ortho nitro benzene ring substituents is 1. The summed E-state index contributed by atoms with van der Waals surface area (Å²) in [6.07, 6.45) is 1.64. The summed E-state index contributed by atoms with van der Waals surface area (Å²) in [5.41, 5.74) is 0.666. The van der Waals surface area contributed by atoms with Gasteiger partial charge in [-0.3, -0.25) is 14.9 Å². The maximum atomic E-state index is 13.0. The van der Waals surface area contributed by atoms with Gasteiger partial charge in [-0.15, -0.1) is 0 Å². The standard InChI is InChI=1S/C20H21Br2N3O5S/c1-13-5-7-24(8-6-13)31(29,30)16-4-2-3-14(9-16)19(26)12-23-20-17(21)10-15(25(27)28)11-18(20)22/h2-4,9-11,13,23H,5-8,12H2,1H3. The lowest BCUT2D eigenvalue weighted by Crippen LogP contribution is -2.37. The van der Waals surface area contributed by atoms with Crippen LogP contribution in [0.15, 0.2) is 50.2 Å². The molecule has 0 saturated carbocycles. The Labute approximate surface area is 197 Å². The summed E-state index contributed by atoms with van der Waals surface area (Å²) < 4.78 is 28.2. The molecule has 0 radical (unpaired) electrons. The van der Waals surface area contributed by atoms with Gasteiger partial charge in [0.1, 0.15) is 0 Å². The van der Waals surface area contributed by atoms with Gasteiger partial charge >= 0.3 is 0 Å². The quantitative estimate of drug-likeness (QED) is 0.288. The lowest BCUT2D eigenvalue weighted by molar-refractivity contribution is -0.385. The fourth-order valence-electron chi connectivity index (χ4n) is 3.31. The second kappa shape index (κ2) is 9.76. The fraction of sp³-hybridized carbons (Fsp3) is 0.350. The molecule has 0 atom stereocenters. The maximum Gasteiger partial charge on any atom is 0.271 e. The number of benzene rings is 2. The van der Waals surface area contributed by atoms with Crippen LogP contribution in [0.2, 0.25) is 0 Å². The van der Waals surface area contributed by atoms with Crippen LogP contribution in [0, 0.1) is 16.0 Å². The molecule has 3 rings (SSSR count). The van der Waals surface area contributed by atoms with Gasteiger partial charge in [-0.25, -0.2) is 8.42 Å². The number of ketones is 1. The minimum atomic E-state index is -3.65. The van der Waals surface area contributed by atoms with Gasteiger partial charge in [0.25, 0.3) is 5.69 Å². The first-order valence-electron chi connectivity index (χ1n) is 9.60. The summed E-state index contributed by atoms with van der Waals surface area (Å²) in [5, 5.41) is 13.9. The van der Waals surface area contributed by atoms with E-state index in [0.29, 0.717) is 33.6 Å². The van der Waals surface area contributed by atoms with Crippen molar-refractivity contribution in [3.05, 3.63) is 61.0 Å². The van der Waals surface area contributed by atoms with Crippen LogP contribution in [0.4, 0.5) is 11.4 Å². The molecular formula is C20H21Br2N3O5S. The van der Waals surface area contributed by atoms with Gasteiger partial charge in [0.2, 0.25) is 10.0 Å². The molecule has 2 aromatic carbocycles. The third kappa shape index (κ3) is 5.51. The number of rotatable bonds is 7. The van der Waals surface area contributed by atoms with Crippen molar-refractivity contribution in [2.45, 2.75) is 24.7 Å². The number of anilines is 1. The number of piperidine rings is 1. The van der Waals surface area contributed by atoms with E-state index in [1.807, 2.05) is 0 Å². The van der Waals surface area contributed by atoms with Crippen LogP contribution in [-0.4, -0.2) is 43.1 Å². The molecule has 1 saturated heterocycles. The number of nitro groups is 1. The highest BCUT2D eigenvalue weighted by Crippen LogP contribution is 2.35. The van der Waals surface area contributed by atoms with E-state index < -0.39 is 14.9 Å². The summed E-state index contributed by atoms with van der Waals surface area (Å²) in [7, 11) is -3.65. The van der Waals surface area contributed by atoms with E-state index in [-0.39, 0.29) is 28.5 Å². The van der Waals surface area contributed by atoms with Crippen molar-refractivity contribution in [1.82, 2.24) is 4.31 Å². The zero-order chi connectivity index (χ0) is 22.8. The van der Waals surface area contributed by atoms with Crippen LogP contribution in [0.1, 0.15) is 30.1 Å². The van der Waals surface area contributed by atoms with Gasteiger partial charge in [0.15, 0.2) is 5.78 Å². The summed E-state index contributed by atoms with van der Waals surface area (Å²) in [4.78, 5) is 23.2. The van der Waals surface area contributed by atoms with E-state index in [1.54, 1.807) is 12.1 Å². The Balaban J connectivity index is 1.75. The summed E-state index contributed by atoms with van der Waals surface area (Å²) in [6.45, 7) is 2.95. The van der Waals surface area contributed by atoms with Crippen LogP contribution >= 0.6 is 31.9 Å². The average molecular weight is 575 g/mol. The molecule has 0 amide bonds. The van der Waals surface area contributed by atoms with E-state index in [1.165, 1.54) is 28.6 Å². The third-order valence-corrected chi connectivity index (χ3v) is 8.35. The van der Waals surface area contributed by atoms with Gasteiger partial charge in [-0.1, -0.05) is 19.1 Å². The summed E-state index contributed by atoms with van der Waals surface area (Å²) >= 11 is 6.53. The number of carbonyl (C=O) groups excluding carboxylic acids is 1. The van der Waals surface area contributed by atoms with Crippen molar-refractivity contribution in [3.8, 4) is 0 Å². The molecule has 2 aromatic rings. The van der Waals surface area contributed by atoms with Crippen LogP contribution in [-0.2, 0) is 10.0 Å². The van der Waals surface area contributed by atoms with Crippen molar-refractivity contribution >= 4 is 59.0 Å². The first-order valence-corrected chi connectivity index (χ1v) is 12.6. The van der Waals surface area contributed by atoms with E-state index in [9.17, 15) is 23.3 Å². The Kier molecular flexibility index (Phi) is 7.51. The van der Waals surface area contributed by atoms with E-state index in [4.69, 9.17) is 0 Å². The highest BCUT2D eigenvalue weighted by molar-refractivity contribution is 9.11. The first kappa shape index (κ1) is 23.8. The second-order valence-electron chi connectivity index (χ2n) is 7.43. The zero-order valence-electron chi connectivity index (χ0n) is 16.7. The Bertz CT molecular complexity index is 1090. The SMILES string of the molecule is CC1CCN(S(=O)(=O)c2cccc(C(=O)CNc3c(Br)cc([N+](=O)[O-])cc3Br)c2)CC1. The Hall–Kier alpha value is -1.82. The molecule has 1 N–H and O–H groups in total. The number of nitro benzene ring substituents is 1. The number of halogens is 2. The molecule has 0 aromatic heterocycles. The molecule has 1 heterocycles. The van der Waals surface area contributed by atoms with Gasteiger partial charge < -0.3 is 5.32 Å². The number of nitrogens with zero attached hydrogens (tertiary/aromatic N) is 2. The Morgan fingerprint density at radius 2 is 1.81 bits per heavy atom. The maximum absolute atomic E-state index is 13.0. The minimum absolute atomic E-state index is 0.0966. The number of hydrogen-bond donors (Lipinski definition) is 1. The van der Waals surface area contributed by atoms with Gasteiger partial charge in [0, 0.05) is 39.7 Å². The number of nitrogens with one attached hydrogen (secondary N) is 1. The fourth-order valence-corrected chi connectivity index (χ4v) is 6.27. The lowest BCUT2D eigenvalue weighted by atomic mass is 10.0. The molecule has 1 aliphatic rings. The lowest BCUT2D eigenvalue weighted by Gasteiger charge is -2.29. The van der Waals surface area contributed by atoms with E-state index in [0.717, 1.165) is 12.8 Å². The van der Waals surface area contributed by atoms with Crippen molar-refractivity contribution in [1.29, 1.82) is 0 Å². The number of sulfonamides is 1. The van der Waals surface area contributed by atoms with Crippen LogP contribution in [0.25, 0.3) is 0 Å². The molecule has 8 nitrogen and oxygen atoms in total. The van der Waals surface area contributed by atoms with Crippen molar-refractivity contribution in [2.75, 3.05) is 25.0 Å². The highest BCUT2D eigenvalue weighted by Gasteiger charge is 2.28. The Morgan fingerprint density at radius 3 is 2.39 bits per heavy atom. The molecular weight excluding hydrogens is 554 g/mol. The van der Waals surface area contributed by atoms with Gasteiger partial charge in [-0.05, 0) is 62.8 Å². The normalized spacial score (nSPS) is 15.6. The average Bonchev–Trinajstić information content (AvgIpc) is 2.73. The third-order valence-electron chi connectivity index (χ3n) is 5.20. The van der Waals surface area contributed by atoms with Crippen LogP contribution < -0.4 is 5.32 Å². The molecule has 0 unspecified atom stereocenters. The topological polar surface area (TPSA) is 110 Å². The largest absolute Gasteiger partial charge is 0.376 e. The van der Waals surface area contributed by atoms with Gasteiger partial charge in [-0.2, -0.15) is 4.31 Å².